The first-order valence-electron chi connectivity index (χ1n) is 6.49. The molecule has 1 heterocycles. The number of fused-ring (bicyclic) bond motifs is 1. The van der Waals surface area contributed by atoms with Crippen LogP contribution in [0.1, 0.15) is 12.5 Å². The summed E-state index contributed by atoms with van der Waals surface area (Å²) in [6.45, 7) is 3.16. The molecule has 2 unspecified atom stereocenters. The van der Waals surface area contributed by atoms with Crippen LogP contribution < -0.4 is 15.8 Å². The first kappa shape index (κ1) is 17.0. The van der Waals surface area contributed by atoms with E-state index >= 15 is 0 Å². The van der Waals surface area contributed by atoms with Crippen LogP contribution in [0.5, 0.6) is 5.75 Å². The van der Waals surface area contributed by atoms with Gasteiger partial charge in [0.15, 0.2) is 5.96 Å². The Bertz CT molecular complexity index is 429. The van der Waals surface area contributed by atoms with Crippen molar-refractivity contribution in [3.63, 3.8) is 0 Å². The maximum absolute atomic E-state index is 5.82. The molecular formula is C14H22IN3O2. The lowest BCUT2D eigenvalue weighted by atomic mass is 10.1. The first-order chi connectivity index (χ1) is 9.19. The lowest BCUT2D eigenvalue weighted by Crippen LogP contribution is -2.41. The highest BCUT2D eigenvalue weighted by molar-refractivity contribution is 14.0. The van der Waals surface area contributed by atoms with Crippen molar-refractivity contribution in [3.05, 3.63) is 29.8 Å². The fraction of sp³-hybridized carbons (Fsp3) is 0.500. The van der Waals surface area contributed by atoms with Crippen molar-refractivity contribution >= 4 is 29.9 Å². The smallest absolute Gasteiger partial charge is 0.189 e. The zero-order chi connectivity index (χ0) is 13.7. The molecule has 0 amide bonds. The summed E-state index contributed by atoms with van der Waals surface area (Å²) < 4.78 is 10.8. The van der Waals surface area contributed by atoms with Crippen LogP contribution in [-0.4, -0.2) is 38.4 Å². The highest BCUT2D eigenvalue weighted by Gasteiger charge is 2.21. The van der Waals surface area contributed by atoms with Crippen LogP contribution in [0.3, 0.4) is 0 Å². The van der Waals surface area contributed by atoms with Crippen molar-refractivity contribution in [1.82, 2.24) is 5.32 Å². The van der Waals surface area contributed by atoms with Crippen LogP contribution in [-0.2, 0) is 11.2 Å². The second-order valence-electron chi connectivity index (χ2n) is 4.78. The average Bonchev–Trinajstić information content (AvgIpc) is 2.79. The van der Waals surface area contributed by atoms with Crippen molar-refractivity contribution in [2.45, 2.75) is 25.5 Å². The molecule has 1 aromatic carbocycles. The number of benzene rings is 1. The van der Waals surface area contributed by atoms with Gasteiger partial charge in [0.05, 0.1) is 13.2 Å². The van der Waals surface area contributed by atoms with Gasteiger partial charge in [-0.2, -0.15) is 0 Å². The van der Waals surface area contributed by atoms with Gasteiger partial charge in [-0.3, -0.25) is 0 Å². The highest BCUT2D eigenvalue weighted by atomic mass is 127. The minimum atomic E-state index is 0. The molecule has 2 atom stereocenters. The van der Waals surface area contributed by atoms with E-state index in [1.807, 2.05) is 25.1 Å². The van der Waals surface area contributed by atoms with Crippen LogP contribution in [0, 0.1) is 0 Å². The number of halogens is 1. The molecule has 0 saturated heterocycles. The number of hydrogen-bond acceptors (Lipinski definition) is 3. The highest BCUT2D eigenvalue weighted by Crippen LogP contribution is 2.27. The number of methoxy groups -OCH3 is 1. The number of guanidine groups is 1. The Kier molecular flexibility index (Phi) is 7.08. The van der Waals surface area contributed by atoms with Crippen LogP contribution in [0.15, 0.2) is 29.3 Å². The van der Waals surface area contributed by atoms with E-state index in [1.54, 1.807) is 7.11 Å². The van der Waals surface area contributed by atoms with Crippen LogP contribution in [0.25, 0.3) is 0 Å². The molecule has 1 aliphatic rings. The van der Waals surface area contributed by atoms with Gasteiger partial charge in [0.2, 0.25) is 0 Å². The summed E-state index contributed by atoms with van der Waals surface area (Å²) in [4.78, 5) is 4.31. The molecule has 0 fully saturated rings. The number of ether oxygens (including phenoxy) is 2. The number of nitrogens with one attached hydrogen (secondary N) is 1. The summed E-state index contributed by atoms with van der Waals surface area (Å²) in [6, 6.07) is 8.22. The largest absolute Gasteiger partial charge is 0.488 e. The molecule has 0 aromatic heterocycles. The van der Waals surface area contributed by atoms with Crippen molar-refractivity contribution in [2.24, 2.45) is 10.7 Å². The van der Waals surface area contributed by atoms with Gasteiger partial charge in [-0.05, 0) is 18.6 Å². The minimum Gasteiger partial charge on any atom is -0.488 e. The number of nitrogens with zero attached hydrogens (tertiary/aromatic N) is 1. The molecule has 0 bridgehead atoms. The average molecular weight is 391 g/mol. The number of rotatable bonds is 5. The van der Waals surface area contributed by atoms with Gasteiger partial charge < -0.3 is 20.5 Å². The Morgan fingerprint density at radius 2 is 2.30 bits per heavy atom. The fourth-order valence-corrected chi connectivity index (χ4v) is 2.15. The minimum absolute atomic E-state index is 0. The van der Waals surface area contributed by atoms with Gasteiger partial charge in [0.25, 0.3) is 0 Å². The Labute approximate surface area is 137 Å². The first-order valence-corrected chi connectivity index (χ1v) is 6.49. The molecule has 1 aliphatic heterocycles. The zero-order valence-corrected chi connectivity index (χ0v) is 14.2. The van der Waals surface area contributed by atoms with E-state index in [1.165, 1.54) is 5.56 Å². The molecule has 6 heteroatoms. The molecule has 112 valence electrons. The van der Waals surface area contributed by atoms with Gasteiger partial charge in [-0.25, -0.2) is 4.99 Å². The summed E-state index contributed by atoms with van der Waals surface area (Å²) in [5.74, 6) is 1.39. The second-order valence-corrected chi connectivity index (χ2v) is 4.78. The molecule has 1 aromatic rings. The molecule has 3 N–H and O–H groups in total. The maximum Gasteiger partial charge on any atom is 0.189 e. The maximum atomic E-state index is 5.82. The number of nitrogens with two attached hydrogens (primary N) is 1. The summed E-state index contributed by atoms with van der Waals surface area (Å²) >= 11 is 0. The predicted molar refractivity (Wildman–Crippen MR) is 90.9 cm³/mol. The quantitative estimate of drug-likeness (QED) is 0.454. The number of para-hydroxylation sites is 1. The van der Waals surface area contributed by atoms with Gasteiger partial charge >= 0.3 is 0 Å². The summed E-state index contributed by atoms with van der Waals surface area (Å²) in [6.07, 6.45) is 0.969. The summed E-state index contributed by atoms with van der Waals surface area (Å²) in [5, 5.41) is 3.07. The lowest BCUT2D eigenvalue weighted by Gasteiger charge is -2.14. The Balaban J connectivity index is 0.00000200. The fourth-order valence-electron chi connectivity index (χ4n) is 2.15. The molecule has 0 spiro atoms. The van der Waals surface area contributed by atoms with Gasteiger partial charge in [-0.15, -0.1) is 24.0 Å². The summed E-state index contributed by atoms with van der Waals surface area (Å²) in [7, 11) is 1.66. The van der Waals surface area contributed by atoms with E-state index < -0.39 is 0 Å². The second kappa shape index (κ2) is 8.31. The van der Waals surface area contributed by atoms with E-state index in [0.717, 1.165) is 12.2 Å². The van der Waals surface area contributed by atoms with E-state index in [9.17, 15) is 0 Å². The zero-order valence-electron chi connectivity index (χ0n) is 11.8. The van der Waals surface area contributed by atoms with E-state index in [2.05, 4.69) is 16.4 Å². The monoisotopic (exact) mass is 391 g/mol. The molecule has 2 rings (SSSR count). The number of hydrogen-bond donors (Lipinski definition) is 2. The van der Waals surface area contributed by atoms with Crippen LogP contribution in [0.4, 0.5) is 0 Å². The molecule has 20 heavy (non-hydrogen) atoms. The molecular weight excluding hydrogens is 369 g/mol. The third-order valence-corrected chi connectivity index (χ3v) is 2.99. The van der Waals surface area contributed by atoms with Crippen molar-refractivity contribution in [1.29, 1.82) is 0 Å². The third-order valence-electron chi connectivity index (χ3n) is 2.99. The van der Waals surface area contributed by atoms with Gasteiger partial charge in [0.1, 0.15) is 11.9 Å². The molecule has 0 saturated carbocycles. The molecule has 5 nitrogen and oxygen atoms in total. The van der Waals surface area contributed by atoms with E-state index in [4.69, 9.17) is 15.2 Å². The standard InChI is InChI=1S/C14H21N3O2.HI/c1-10(9-18-2)17-14(15)16-8-12-7-11-5-3-4-6-13(11)19-12;/h3-6,10,12H,7-9H2,1-2H3,(H3,15,16,17);1H. The Hall–Kier alpha value is -1.02. The molecule has 0 aliphatic carbocycles. The van der Waals surface area contributed by atoms with Crippen LogP contribution >= 0.6 is 24.0 Å². The topological polar surface area (TPSA) is 68.9 Å². The van der Waals surface area contributed by atoms with Crippen molar-refractivity contribution < 1.29 is 9.47 Å². The van der Waals surface area contributed by atoms with Crippen molar-refractivity contribution in [2.75, 3.05) is 20.3 Å². The Morgan fingerprint density at radius 3 is 3.00 bits per heavy atom. The van der Waals surface area contributed by atoms with E-state index in [-0.39, 0.29) is 36.1 Å². The van der Waals surface area contributed by atoms with Crippen LogP contribution in [0.2, 0.25) is 0 Å². The van der Waals surface area contributed by atoms with Gasteiger partial charge in [-0.1, -0.05) is 18.2 Å². The van der Waals surface area contributed by atoms with Gasteiger partial charge in [0, 0.05) is 19.6 Å². The van der Waals surface area contributed by atoms with E-state index in [0.29, 0.717) is 19.1 Å². The van der Waals surface area contributed by atoms with Crippen molar-refractivity contribution in [3.8, 4) is 5.75 Å². The lowest BCUT2D eigenvalue weighted by molar-refractivity contribution is 0.179. The summed E-state index contributed by atoms with van der Waals surface area (Å²) in [5.41, 5.74) is 7.05. The third kappa shape index (κ3) is 4.82. The molecule has 0 radical (unpaired) electrons. The SMILES string of the molecule is COCC(C)NC(N)=NCC1Cc2ccccc2O1.I. The number of aliphatic imine (C=N–C) groups is 1. The predicted octanol–water partition coefficient (Wildman–Crippen LogP) is 1.55. The normalized spacial score (nSPS) is 18.7. The Morgan fingerprint density at radius 1 is 1.55 bits per heavy atom.